The Kier molecular flexibility index (Phi) is 5.96. The lowest BCUT2D eigenvalue weighted by Gasteiger charge is -2.26. The highest BCUT2D eigenvalue weighted by Crippen LogP contribution is 2.31. The minimum Gasteiger partial charge on any atom is -0.493 e. The summed E-state index contributed by atoms with van der Waals surface area (Å²) in [6.07, 6.45) is 0.731. The van der Waals surface area contributed by atoms with Crippen molar-refractivity contribution in [1.82, 2.24) is 10.2 Å². The van der Waals surface area contributed by atoms with Gasteiger partial charge in [-0.2, -0.15) is 0 Å². The summed E-state index contributed by atoms with van der Waals surface area (Å²) in [6, 6.07) is 15.0. The zero-order chi connectivity index (χ0) is 19.2. The van der Waals surface area contributed by atoms with Crippen molar-refractivity contribution in [3.63, 3.8) is 0 Å². The van der Waals surface area contributed by atoms with Crippen molar-refractivity contribution >= 4 is 17.6 Å². The maximum Gasteiger partial charge on any atom is 0.319 e. The molecule has 0 saturated heterocycles. The van der Waals surface area contributed by atoms with Crippen LogP contribution in [0.15, 0.2) is 48.5 Å². The second kappa shape index (κ2) is 8.58. The number of carbonyl (C=O) groups excluding carboxylic acids is 2. The third kappa shape index (κ3) is 4.78. The van der Waals surface area contributed by atoms with E-state index in [-0.39, 0.29) is 18.0 Å². The average Bonchev–Trinajstić information content (AvgIpc) is 2.66. The first kappa shape index (κ1) is 18.8. The lowest BCUT2D eigenvalue weighted by Crippen LogP contribution is -2.35. The normalized spacial score (nSPS) is 15.3. The van der Waals surface area contributed by atoms with Crippen LogP contribution in [0.5, 0.6) is 5.75 Å². The lowest BCUT2D eigenvalue weighted by molar-refractivity contribution is -0.129. The molecule has 6 nitrogen and oxygen atoms in total. The fourth-order valence-electron chi connectivity index (χ4n) is 3.23. The van der Waals surface area contributed by atoms with Gasteiger partial charge in [0.2, 0.25) is 5.91 Å². The van der Waals surface area contributed by atoms with Crippen LogP contribution >= 0.6 is 0 Å². The number of nitrogens with zero attached hydrogens (tertiary/aromatic N) is 1. The summed E-state index contributed by atoms with van der Waals surface area (Å²) in [4.78, 5) is 25.8. The number of rotatable bonds is 5. The average molecular weight is 367 g/mol. The summed E-state index contributed by atoms with van der Waals surface area (Å²) in [7, 11) is 0. The molecule has 2 aromatic carbocycles. The zero-order valence-electron chi connectivity index (χ0n) is 15.7. The van der Waals surface area contributed by atoms with E-state index >= 15 is 0 Å². The highest BCUT2D eigenvalue weighted by atomic mass is 16.5. The van der Waals surface area contributed by atoms with Crippen LogP contribution < -0.4 is 15.4 Å². The van der Waals surface area contributed by atoms with Gasteiger partial charge in [-0.3, -0.25) is 4.79 Å². The number of fused-ring (bicyclic) bond motifs is 1. The molecule has 0 spiro atoms. The quantitative estimate of drug-likeness (QED) is 0.846. The van der Waals surface area contributed by atoms with Crippen LogP contribution in [0, 0.1) is 0 Å². The first-order valence-corrected chi connectivity index (χ1v) is 9.20. The molecule has 1 atom stereocenters. The number of amides is 3. The molecule has 27 heavy (non-hydrogen) atoms. The maximum atomic E-state index is 12.5. The molecule has 0 bridgehead atoms. The van der Waals surface area contributed by atoms with Crippen molar-refractivity contribution < 1.29 is 14.3 Å². The lowest BCUT2D eigenvalue weighted by atomic mass is 10.0. The van der Waals surface area contributed by atoms with Crippen molar-refractivity contribution in [1.29, 1.82) is 0 Å². The van der Waals surface area contributed by atoms with E-state index in [1.807, 2.05) is 55.5 Å². The smallest absolute Gasteiger partial charge is 0.319 e. The Morgan fingerprint density at radius 3 is 2.78 bits per heavy atom. The fourth-order valence-corrected chi connectivity index (χ4v) is 3.23. The molecule has 0 aromatic heterocycles. The van der Waals surface area contributed by atoms with Gasteiger partial charge in [0.25, 0.3) is 0 Å². The van der Waals surface area contributed by atoms with Gasteiger partial charge in [0.1, 0.15) is 5.75 Å². The van der Waals surface area contributed by atoms with E-state index in [4.69, 9.17) is 4.74 Å². The summed E-state index contributed by atoms with van der Waals surface area (Å²) in [5.41, 5.74) is 2.67. The number of ether oxygens (including phenoxy) is 1. The molecule has 3 amide bonds. The number of anilines is 1. The Morgan fingerprint density at radius 1 is 1.19 bits per heavy atom. The Balaban J connectivity index is 1.63. The molecule has 6 heteroatoms. The number of carbonyl (C=O) groups is 2. The predicted octanol–water partition coefficient (Wildman–Crippen LogP) is 3.70. The van der Waals surface area contributed by atoms with E-state index in [9.17, 15) is 9.59 Å². The molecular formula is C21H25N3O3. The fraction of sp³-hybridized carbons (Fsp3) is 0.333. The number of hydrogen-bond acceptors (Lipinski definition) is 3. The molecule has 2 N–H and O–H groups in total. The van der Waals surface area contributed by atoms with Crippen LogP contribution in [0.25, 0.3) is 0 Å². The second-order valence-corrected chi connectivity index (χ2v) is 6.56. The Hall–Kier alpha value is -3.02. The second-order valence-electron chi connectivity index (χ2n) is 6.56. The van der Waals surface area contributed by atoms with E-state index in [1.165, 1.54) is 0 Å². The van der Waals surface area contributed by atoms with Gasteiger partial charge in [0, 0.05) is 37.7 Å². The molecule has 1 heterocycles. The molecule has 1 aliphatic rings. The number of hydrogen-bond donors (Lipinski definition) is 2. The van der Waals surface area contributed by atoms with Crippen molar-refractivity contribution in [3.05, 3.63) is 59.7 Å². The Labute approximate surface area is 159 Å². The third-order valence-corrected chi connectivity index (χ3v) is 4.65. The Morgan fingerprint density at radius 2 is 2.00 bits per heavy atom. The van der Waals surface area contributed by atoms with E-state index in [0.29, 0.717) is 25.4 Å². The first-order valence-electron chi connectivity index (χ1n) is 9.20. The van der Waals surface area contributed by atoms with E-state index in [0.717, 1.165) is 23.3 Å². The summed E-state index contributed by atoms with van der Waals surface area (Å²) in [5, 5.41) is 5.91. The minimum atomic E-state index is -0.257. The topological polar surface area (TPSA) is 70.7 Å². The largest absolute Gasteiger partial charge is 0.493 e. The van der Waals surface area contributed by atoms with Crippen molar-refractivity contribution in [2.24, 2.45) is 0 Å². The zero-order valence-corrected chi connectivity index (χ0v) is 15.7. The maximum absolute atomic E-state index is 12.5. The minimum absolute atomic E-state index is 0.0341. The van der Waals surface area contributed by atoms with Gasteiger partial charge in [-0.15, -0.1) is 0 Å². The standard InChI is InChI=1S/C21H25N3O3/c1-3-24(15(2)25)14-16-7-6-8-17(13-16)22-21(26)23-19-11-12-27-20-10-5-4-9-18(19)20/h4-10,13,19H,3,11-12,14H2,1-2H3,(H2,22,23,26)/t19-/m1/s1. The molecule has 1 aliphatic heterocycles. The number of para-hydroxylation sites is 1. The van der Waals surface area contributed by atoms with Crippen LogP contribution in [0.3, 0.4) is 0 Å². The van der Waals surface area contributed by atoms with Gasteiger partial charge in [-0.1, -0.05) is 30.3 Å². The molecule has 0 radical (unpaired) electrons. The van der Waals surface area contributed by atoms with E-state index in [1.54, 1.807) is 11.8 Å². The molecule has 0 fully saturated rings. The highest BCUT2D eigenvalue weighted by Gasteiger charge is 2.22. The molecule has 0 aliphatic carbocycles. The van der Waals surface area contributed by atoms with Crippen molar-refractivity contribution in [2.75, 3.05) is 18.5 Å². The van der Waals surface area contributed by atoms with Crippen LogP contribution in [-0.2, 0) is 11.3 Å². The third-order valence-electron chi connectivity index (χ3n) is 4.65. The summed E-state index contributed by atoms with van der Waals surface area (Å²) in [5.74, 6) is 0.853. The molecule has 2 aromatic rings. The van der Waals surface area contributed by atoms with Gasteiger partial charge >= 0.3 is 6.03 Å². The van der Waals surface area contributed by atoms with Gasteiger partial charge in [-0.05, 0) is 30.7 Å². The predicted molar refractivity (Wildman–Crippen MR) is 105 cm³/mol. The van der Waals surface area contributed by atoms with Crippen molar-refractivity contribution in [3.8, 4) is 5.75 Å². The molecule has 142 valence electrons. The molecule has 3 rings (SSSR count). The monoisotopic (exact) mass is 367 g/mol. The van der Waals surface area contributed by atoms with Gasteiger partial charge in [0.05, 0.1) is 12.6 Å². The van der Waals surface area contributed by atoms with Crippen molar-refractivity contribution in [2.45, 2.75) is 32.9 Å². The first-order chi connectivity index (χ1) is 13.1. The van der Waals surface area contributed by atoms with E-state index < -0.39 is 0 Å². The number of urea groups is 1. The number of nitrogens with one attached hydrogen (secondary N) is 2. The van der Waals surface area contributed by atoms with E-state index in [2.05, 4.69) is 10.6 Å². The van der Waals surface area contributed by atoms with Crippen LogP contribution in [0.2, 0.25) is 0 Å². The van der Waals surface area contributed by atoms with Gasteiger partial charge in [0.15, 0.2) is 0 Å². The molecule has 0 saturated carbocycles. The molecule has 0 unspecified atom stereocenters. The summed E-state index contributed by atoms with van der Waals surface area (Å²) in [6.45, 7) is 5.26. The van der Waals surface area contributed by atoms with Crippen LogP contribution in [0.4, 0.5) is 10.5 Å². The molecular weight excluding hydrogens is 342 g/mol. The summed E-state index contributed by atoms with van der Waals surface area (Å²) >= 11 is 0. The van der Waals surface area contributed by atoms with Gasteiger partial charge in [-0.25, -0.2) is 4.79 Å². The number of benzene rings is 2. The Bertz CT molecular complexity index is 822. The summed E-state index contributed by atoms with van der Waals surface area (Å²) < 4.78 is 5.63. The SMILES string of the molecule is CCN(Cc1cccc(NC(=O)N[C@@H]2CCOc3ccccc32)c1)C(C)=O. The van der Waals surface area contributed by atoms with Crippen LogP contribution in [0.1, 0.15) is 37.4 Å². The highest BCUT2D eigenvalue weighted by molar-refractivity contribution is 5.89. The van der Waals surface area contributed by atoms with Gasteiger partial charge < -0.3 is 20.3 Å². The van der Waals surface area contributed by atoms with Crippen LogP contribution in [-0.4, -0.2) is 30.0 Å².